The normalized spacial score (nSPS) is 9.76. The molecule has 5 nitrogen and oxygen atoms in total. The number of nitrogens with one attached hydrogen (secondary N) is 1. The van der Waals surface area contributed by atoms with Crippen molar-refractivity contribution in [3.63, 3.8) is 0 Å². The Morgan fingerprint density at radius 3 is 2.53 bits per heavy atom. The van der Waals surface area contributed by atoms with Crippen LogP contribution in [0.15, 0.2) is 30.3 Å². The first kappa shape index (κ1) is 13.2. The lowest BCUT2D eigenvalue weighted by Crippen LogP contribution is -2.41. The molecule has 0 aliphatic heterocycles. The number of nitrogens with zero attached hydrogens (tertiary/aromatic N) is 1. The SMILES string of the molecule is CN(C(=O)C(=O)NCCCO)c1ccccc1. The van der Waals surface area contributed by atoms with Crippen molar-refractivity contribution in [3.05, 3.63) is 30.3 Å². The van der Waals surface area contributed by atoms with Crippen LogP contribution in [0.3, 0.4) is 0 Å². The monoisotopic (exact) mass is 236 g/mol. The molecule has 0 unspecified atom stereocenters. The van der Waals surface area contributed by atoms with Crippen LogP contribution in [0.5, 0.6) is 0 Å². The number of amides is 2. The summed E-state index contributed by atoms with van der Waals surface area (Å²) in [5.74, 6) is -1.28. The molecule has 0 saturated carbocycles. The molecule has 0 aliphatic rings. The summed E-state index contributed by atoms with van der Waals surface area (Å²) < 4.78 is 0. The first-order valence-electron chi connectivity index (χ1n) is 5.38. The van der Waals surface area contributed by atoms with Crippen molar-refractivity contribution in [1.29, 1.82) is 0 Å². The fraction of sp³-hybridized carbons (Fsp3) is 0.333. The molecular formula is C12H16N2O3. The summed E-state index contributed by atoms with van der Waals surface area (Å²) in [6, 6.07) is 8.92. The van der Waals surface area contributed by atoms with Crippen molar-refractivity contribution in [3.8, 4) is 0 Å². The highest BCUT2D eigenvalue weighted by atomic mass is 16.3. The van der Waals surface area contributed by atoms with Crippen LogP contribution in [0.4, 0.5) is 5.69 Å². The second kappa shape index (κ2) is 6.65. The van der Waals surface area contributed by atoms with Gasteiger partial charge in [0.25, 0.3) is 0 Å². The van der Waals surface area contributed by atoms with Crippen molar-refractivity contribution in [2.24, 2.45) is 0 Å². The van der Waals surface area contributed by atoms with Crippen molar-refractivity contribution < 1.29 is 14.7 Å². The average molecular weight is 236 g/mol. The average Bonchev–Trinajstić information content (AvgIpc) is 2.38. The van der Waals surface area contributed by atoms with Gasteiger partial charge in [-0.25, -0.2) is 0 Å². The second-order valence-electron chi connectivity index (χ2n) is 3.53. The molecular weight excluding hydrogens is 220 g/mol. The lowest BCUT2D eigenvalue weighted by molar-refractivity contribution is -0.137. The van der Waals surface area contributed by atoms with Crippen LogP contribution < -0.4 is 10.2 Å². The molecule has 0 saturated heterocycles. The fourth-order valence-corrected chi connectivity index (χ4v) is 1.28. The van der Waals surface area contributed by atoms with Crippen molar-refractivity contribution in [2.75, 3.05) is 25.1 Å². The standard InChI is InChI=1S/C12H16N2O3/c1-14(10-6-3-2-4-7-10)12(17)11(16)13-8-5-9-15/h2-4,6-7,15H,5,8-9H2,1H3,(H,13,16). The number of carbonyl (C=O) groups excluding carboxylic acids is 2. The van der Waals surface area contributed by atoms with Crippen LogP contribution in [0.2, 0.25) is 0 Å². The van der Waals surface area contributed by atoms with E-state index in [1.165, 1.54) is 4.90 Å². The third kappa shape index (κ3) is 3.88. The van der Waals surface area contributed by atoms with Crippen LogP contribution in [0.25, 0.3) is 0 Å². The molecule has 0 atom stereocenters. The highest BCUT2D eigenvalue weighted by Crippen LogP contribution is 2.10. The Morgan fingerprint density at radius 2 is 1.94 bits per heavy atom. The van der Waals surface area contributed by atoms with Crippen molar-refractivity contribution >= 4 is 17.5 Å². The predicted octanol–water partition coefficient (Wildman–Crippen LogP) is 0.148. The van der Waals surface area contributed by atoms with E-state index in [-0.39, 0.29) is 6.61 Å². The van der Waals surface area contributed by atoms with E-state index >= 15 is 0 Å². The van der Waals surface area contributed by atoms with E-state index in [2.05, 4.69) is 5.32 Å². The van der Waals surface area contributed by atoms with Gasteiger partial charge in [0, 0.05) is 25.9 Å². The van der Waals surface area contributed by atoms with Gasteiger partial charge >= 0.3 is 11.8 Å². The summed E-state index contributed by atoms with van der Waals surface area (Å²) in [6.45, 7) is 0.284. The molecule has 0 bridgehead atoms. The molecule has 2 N–H and O–H groups in total. The lowest BCUT2D eigenvalue weighted by Gasteiger charge is -2.16. The largest absolute Gasteiger partial charge is 0.396 e. The summed E-state index contributed by atoms with van der Waals surface area (Å²) in [5, 5.41) is 11.0. The Balaban J connectivity index is 2.55. The molecule has 1 aromatic rings. The van der Waals surface area contributed by atoms with Crippen LogP contribution >= 0.6 is 0 Å². The predicted molar refractivity (Wildman–Crippen MR) is 64.6 cm³/mol. The third-order valence-electron chi connectivity index (χ3n) is 2.26. The molecule has 2 amide bonds. The number of likely N-dealkylation sites (N-methyl/N-ethyl adjacent to an activating group) is 1. The minimum Gasteiger partial charge on any atom is -0.396 e. The highest BCUT2D eigenvalue weighted by Gasteiger charge is 2.18. The van der Waals surface area contributed by atoms with E-state index < -0.39 is 11.8 Å². The van der Waals surface area contributed by atoms with Crippen LogP contribution in [0, 0.1) is 0 Å². The van der Waals surface area contributed by atoms with Crippen molar-refractivity contribution in [1.82, 2.24) is 5.32 Å². The van der Waals surface area contributed by atoms with E-state index in [0.29, 0.717) is 18.7 Å². The van der Waals surface area contributed by atoms with E-state index in [4.69, 9.17) is 5.11 Å². The first-order chi connectivity index (χ1) is 8.16. The molecule has 1 aromatic carbocycles. The Labute approximate surface area is 100 Å². The molecule has 17 heavy (non-hydrogen) atoms. The van der Waals surface area contributed by atoms with Gasteiger partial charge in [-0.3, -0.25) is 9.59 Å². The van der Waals surface area contributed by atoms with Crippen LogP contribution in [-0.2, 0) is 9.59 Å². The molecule has 0 radical (unpaired) electrons. The van der Waals surface area contributed by atoms with Gasteiger partial charge in [-0.2, -0.15) is 0 Å². The minimum atomic E-state index is -0.662. The Kier molecular flexibility index (Phi) is 5.16. The summed E-state index contributed by atoms with van der Waals surface area (Å²) in [6.07, 6.45) is 0.439. The van der Waals surface area contributed by atoms with Crippen LogP contribution in [-0.4, -0.2) is 37.1 Å². The van der Waals surface area contributed by atoms with Crippen LogP contribution in [0.1, 0.15) is 6.42 Å². The minimum absolute atomic E-state index is 0.0109. The molecule has 1 rings (SSSR count). The molecule has 0 spiro atoms. The van der Waals surface area contributed by atoms with E-state index in [9.17, 15) is 9.59 Å². The Morgan fingerprint density at radius 1 is 1.29 bits per heavy atom. The molecule has 0 aromatic heterocycles. The number of aliphatic hydroxyl groups excluding tert-OH is 1. The number of benzene rings is 1. The number of rotatable bonds is 4. The summed E-state index contributed by atoms with van der Waals surface area (Å²) in [5.41, 5.74) is 0.662. The van der Waals surface area contributed by atoms with E-state index in [1.807, 2.05) is 6.07 Å². The maximum atomic E-state index is 11.7. The molecule has 0 fully saturated rings. The van der Waals surface area contributed by atoms with Gasteiger partial charge in [-0.05, 0) is 18.6 Å². The Hall–Kier alpha value is -1.88. The summed E-state index contributed by atoms with van der Waals surface area (Å²) >= 11 is 0. The maximum Gasteiger partial charge on any atom is 0.316 e. The zero-order valence-corrected chi connectivity index (χ0v) is 9.72. The zero-order valence-electron chi connectivity index (χ0n) is 9.72. The molecule has 0 heterocycles. The quantitative estimate of drug-likeness (QED) is 0.577. The van der Waals surface area contributed by atoms with E-state index in [0.717, 1.165) is 0 Å². The number of hydrogen-bond donors (Lipinski definition) is 2. The smallest absolute Gasteiger partial charge is 0.316 e. The topological polar surface area (TPSA) is 69.6 Å². The number of carbonyl (C=O) groups is 2. The molecule has 5 heteroatoms. The second-order valence-corrected chi connectivity index (χ2v) is 3.53. The highest BCUT2D eigenvalue weighted by molar-refractivity contribution is 6.40. The van der Waals surface area contributed by atoms with Gasteiger partial charge in [0.15, 0.2) is 0 Å². The molecule has 92 valence electrons. The number of anilines is 1. The number of para-hydroxylation sites is 1. The number of aliphatic hydroxyl groups is 1. The fourth-order valence-electron chi connectivity index (χ4n) is 1.28. The van der Waals surface area contributed by atoms with Crippen molar-refractivity contribution in [2.45, 2.75) is 6.42 Å². The van der Waals surface area contributed by atoms with Gasteiger partial charge in [-0.1, -0.05) is 18.2 Å². The van der Waals surface area contributed by atoms with Gasteiger partial charge < -0.3 is 15.3 Å². The Bertz CT molecular complexity index is 379. The maximum absolute atomic E-state index is 11.7. The van der Waals surface area contributed by atoms with E-state index in [1.54, 1.807) is 31.3 Å². The summed E-state index contributed by atoms with van der Waals surface area (Å²) in [7, 11) is 1.54. The number of hydrogen-bond acceptors (Lipinski definition) is 3. The van der Waals surface area contributed by atoms with Gasteiger partial charge in [0.1, 0.15) is 0 Å². The summed E-state index contributed by atoms with van der Waals surface area (Å²) in [4.78, 5) is 24.4. The molecule has 0 aliphatic carbocycles. The van der Waals surface area contributed by atoms with Gasteiger partial charge in [0.2, 0.25) is 0 Å². The third-order valence-corrected chi connectivity index (χ3v) is 2.26. The lowest BCUT2D eigenvalue weighted by atomic mass is 10.3. The van der Waals surface area contributed by atoms with Gasteiger partial charge in [0.05, 0.1) is 0 Å². The first-order valence-corrected chi connectivity index (χ1v) is 5.38. The zero-order chi connectivity index (χ0) is 12.7. The van der Waals surface area contributed by atoms with Gasteiger partial charge in [-0.15, -0.1) is 0 Å².